The third-order valence-corrected chi connectivity index (χ3v) is 0. The maximum absolute atomic E-state index is 10.2. The van der Waals surface area contributed by atoms with E-state index in [0.29, 0.717) is 0 Å². The Hall–Kier alpha value is 0.957. The van der Waals surface area contributed by atoms with Crippen molar-refractivity contribution in [2.75, 3.05) is 0 Å². The van der Waals surface area contributed by atoms with Gasteiger partial charge in [-0.3, -0.25) is 4.55 Å². The van der Waals surface area contributed by atoms with Crippen molar-refractivity contribution in [2.24, 2.45) is 0 Å². The molecule has 1 radical (unpaired) electrons. The normalized spacial score (nSPS) is 8.29. The van der Waals surface area contributed by atoms with Crippen LogP contribution in [0.1, 0.15) is 1.43 Å². The summed E-state index contributed by atoms with van der Waals surface area (Å²) in [5.74, 6) is 0. The van der Waals surface area contributed by atoms with Crippen molar-refractivity contribution in [2.45, 2.75) is 0 Å². The molecule has 0 atom stereocenters. The molecule has 0 aliphatic carbocycles. The second kappa shape index (κ2) is 5.10. The third-order valence-electron chi connectivity index (χ3n) is 0. The van der Waals surface area contributed by atoms with Crippen LogP contribution in [0.4, 0.5) is 3.89 Å². The van der Waals surface area contributed by atoms with Crippen molar-refractivity contribution in [3.8, 4) is 0 Å². The summed E-state index contributed by atoms with van der Waals surface area (Å²) in [6, 6.07) is 0. The van der Waals surface area contributed by atoms with Crippen LogP contribution in [0.2, 0.25) is 0 Å². The Kier molecular flexibility index (Phi) is 11.4. The van der Waals surface area contributed by atoms with Gasteiger partial charge in [-0.05, 0) is 0 Å². The van der Waals surface area contributed by atoms with Crippen molar-refractivity contribution in [1.82, 2.24) is 0 Å². The molecule has 0 rings (SSSR count). The predicted molar refractivity (Wildman–Crippen MR) is 13.8 cm³/mol. The second-order valence-electron chi connectivity index (χ2n) is 0.412. The average Bonchev–Trinajstić information content (AvgIpc) is 0.722. The zero-order valence-corrected chi connectivity index (χ0v) is 5.42. The van der Waals surface area contributed by atoms with Gasteiger partial charge in [0.05, 0.1) is 0 Å². The summed E-state index contributed by atoms with van der Waals surface area (Å²) >= 11 is 0. The summed E-state index contributed by atoms with van der Waals surface area (Å²) in [6.07, 6.45) is 0. The van der Waals surface area contributed by atoms with Gasteiger partial charge in [-0.2, -0.15) is 8.42 Å². The largest absolute Gasteiger partial charge is 1.00 e. The first-order valence-corrected chi connectivity index (χ1v) is 2.01. The molecule has 0 unspecified atom stereocenters. The van der Waals surface area contributed by atoms with E-state index in [-0.39, 0.29) is 37.4 Å². The Balaban J connectivity index is -0.0000000267. The van der Waals surface area contributed by atoms with E-state index in [9.17, 15) is 3.89 Å². The molecule has 41 valence electrons. The summed E-state index contributed by atoms with van der Waals surface area (Å²) in [5, 5.41) is 0. The zero-order valence-electron chi connectivity index (χ0n) is 4.43. The van der Waals surface area contributed by atoms with E-state index in [1.54, 1.807) is 0 Å². The molecular weight excluding hydrogens is 161 g/mol. The van der Waals surface area contributed by atoms with E-state index in [2.05, 4.69) is 0 Å². The molecule has 0 fully saturated rings. The Labute approximate surface area is 64.8 Å². The molecule has 0 spiro atoms. The maximum Gasteiger partial charge on any atom is 1.00 e. The Morgan fingerprint density at radius 3 is 1.57 bits per heavy atom. The van der Waals surface area contributed by atoms with Crippen LogP contribution in [0, 0.1) is 0 Å². The van der Waals surface area contributed by atoms with Crippen LogP contribution in [-0.4, -0.2) is 13.0 Å². The van der Waals surface area contributed by atoms with E-state index in [1.807, 2.05) is 0 Å². The average molecular weight is 163 g/mol. The molecule has 1 N–H and O–H groups in total. The van der Waals surface area contributed by atoms with Crippen molar-refractivity contribution >= 4 is 10.5 Å². The first-order valence-electron chi connectivity index (χ1n) is 0.670. The maximum atomic E-state index is 10.2. The minimum absolute atomic E-state index is 0. The van der Waals surface area contributed by atoms with Crippen LogP contribution >= 0.6 is 0 Å². The van der Waals surface area contributed by atoms with Gasteiger partial charge in [-0.25, -0.2) is 0 Å². The quantitative estimate of drug-likeness (QED) is 0.233. The molecule has 0 heterocycles. The van der Waals surface area contributed by atoms with E-state index in [1.165, 1.54) is 0 Å². The van der Waals surface area contributed by atoms with Crippen molar-refractivity contribution in [3.63, 3.8) is 0 Å². The van der Waals surface area contributed by atoms with Crippen molar-refractivity contribution in [3.05, 3.63) is 0 Å². The van der Waals surface area contributed by atoms with Crippen molar-refractivity contribution < 1.29 is 54.2 Å². The molecule has 0 aromatic carbocycles. The molecule has 0 saturated heterocycles. The van der Waals surface area contributed by atoms with Crippen LogP contribution in [-0.2, 0) is 27.6 Å². The third kappa shape index (κ3) is 187. The molecule has 0 amide bonds. The van der Waals surface area contributed by atoms with Gasteiger partial charge in [0.25, 0.3) is 0 Å². The van der Waals surface area contributed by atoms with Gasteiger partial charge in [-0.1, -0.05) is 3.89 Å². The standard InChI is InChI=1S/FHO3S.Li.Mn.H/c1-5(2,3)4;;;/h(H,2,3,4);;;/q;+1;;-1. The molecule has 3 nitrogen and oxygen atoms in total. The molecule has 0 aromatic rings. The Bertz CT molecular complexity index is 102. The van der Waals surface area contributed by atoms with E-state index < -0.39 is 10.5 Å². The number of rotatable bonds is 0. The van der Waals surface area contributed by atoms with Crippen LogP contribution in [0.25, 0.3) is 0 Å². The fourth-order valence-electron chi connectivity index (χ4n) is 0. The minimum Gasteiger partial charge on any atom is -1.00 e. The van der Waals surface area contributed by atoms with Gasteiger partial charge in [-0.15, -0.1) is 0 Å². The SMILES string of the molecule is O=S(=O)(O)F.[H-].[Li+].[Mn]. The minimum atomic E-state index is -5.17. The van der Waals surface area contributed by atoms with Gasteiger partial charge in [0, 0.05) is 17.1 Å². The molecule has 7 heavy (non-hydrogen) atoms. The van der Waals surface area contributed by atoms with Gasteiger partial charge in [0.15, 0.2) is 0 Å². The number of hydrogen-bond acceptors (Lipinski definition) is 2. The smallest absolute Gasteiger partial charge is 1.00 e. The summed E-state index contributed by atoms with van der Waals surface area (Å²) in [5.41, 5.74) is 0. The summed E-state index contributed by atoms with van der Waals surface area (Å²) in [6.45, 7) is 0. The topological polar surface area (TPSA) is 54.4 Å². The predicted octanol–water partition coefficient (Wildman–Crippen LogP) is -3.13. The molecule has 0 aliphatic heterocycles. The fraction of sp³-hybridized carbons (Fsp3) is 0. The second-order valence-corrected chi connectivity index (χ2v) is 1.24. The van der Waals surface area contributed by atoms with Crippen molar-refractivity contribution in [1.29, 1.82) is 0 Å². The number of hydrogen-bond donors (Lipinski definition) is 1. The zero-order chi connectivity index (χ0) is 4.50. The molecular formula is H2FLiMnO3S. The Morgan fingerprint density at radius 1 is 1.57 bits per heavy atom. The summed E-state index contributed by atoms with van der Waals surface area (Å²) in [4.78, 5) is 0. The molecule has 0 saturated carbocycles. The molecule has 0 bridgehead atoms. The summed E-state index contributed by atoms with van der Waals surface area (Å²) < 4.78 is 34.1. The van der Waals surface area contributed by atoms with E-state index >= 15 is 0 Å². The fourth-order valence-corrected chi connectivity index (χ4v) is 0. The Morgan fingerprint density at radius 2 is 1.57 bits per heavy atom. The molecule has 7 heteroatoms. The monoisotopic (exact) mass is 163 g/mol. The summed E-state index contributed by atoms with van der Waals surface area (Å²) in [7, 11) is -5.17. The van der Waals surface area contributed by atoms with E-state index in [4.69, 9.17) is 13.0 Å². The van der Waals surface area contributed by atoms with E-state index in [0.717, 1.165) is 0 Å². The van der Waals surface area contributed by atoms with Gasteiger partial charge >= 0.3 is 29.4 Å². The number of halogens is 1. The first kappa shape index (κ1) is 15.7. The molecule has 0 aromatic heterocycles. The van der Waals surface area contributed by atoms with Crippen LogP contribution < -0.4 is 18.9 Å². The van der Waals surface area contributed by atoms with Gasteiger partial charge in [0.2, 0.25) is 0 Å². The molecule has 0 aliphatic rings. The van der Waals surface area contributed by atoms with Gasteiger partial charge in [0.1, 0.15) is 0 Å². The van der Waals surface area contributed by atoms with Gasteiger partial charge < -0.3 is 1.43 Å². The first-order chi connectivity index (χ1) is 2.00. The van der Waals surface area contributed by atoms with Crippen LogP contribution in [0.3, 0.4) is 0 Å². The van der Waals surface area contributed by atoms with Crippen LogP contribution in [0.15, 0.2) is 0 Å². The van der Waals surface area contributed by atoms with Crippen LogP contribution in [0.5, 0.6) is 0 Å².